The first kappa shape index (κ1) is 10.3. The Morgan fingerprint density at radius 1 is 1.36 bits per heavy atom. The second-order valence-corrected chi connectivity index (χ2v) is 5.30. The number of fused-ring (bicyclic) bond motifs is 1. The molecule has 3 heteroatoms. The molecule has 0 fully saturated rings. The van der Waals surface area contributed by atoms with Crippen molar-refractivity contribution in [2.24, 2.45) is 0 Å². The zero-order chi connectivity index (χ0) is 10.5. The van der Waals surface area contributed by atoms with Crippen LogP contribution in [-0.2, 0) is 5.41 Å². The molecule has 0 heterocycles. The molecular weight excluding hydrogens is 219 g/mol. The van der Waals surface area contributed by atoms with Crippen LogP contribution in [-0.4, -0.2) is 5.11 Å². The van der Waals surface area contributed by atoms with Crippen molar-refractivity contribution < 1.29 is 5.11 Å². The smallest absolute Gasteiger partial charge is 0.0802 e. The monoisotopic (exact) mass is 230 g/mol. The molecule has 0 spiro atoms. The summed E-state index contributed by atoms with van der Waals surface area (Å²) in [5.41, 5.74) is 1.86. The van der Waals surface area contributed by atoms with Crippen molar-refractivity contribution in [3.05, 3.63) is 33.3 Å². The highest BCUT2D eigenvalue weighted by Gasteiger charge is 2.37. The lowest BCUT2D eigenvalue weighted by Gasteiger charge is -2.19. The summed E-state index contributed by atoms with van der Waals surface area (Å²) in [6, 6.07) is 3.55. The highest BCUT2D eigenvalue weighted by atomic mass is 35.5. The number of aliphatic hydroxyl groups excluding tert-OH is 1. The second-order valence-electron chi connectivity index (χ2n) is 4.46. The van der Waals surface area contributed by atoms with Crippen LogP contribution >= 0.6 is 23.2 Å². The zero-order valence-corrected chi connectivity index (χ0v) is 9.65. The van der Waals surface area contributed by atoms with Crippen LogP contribution in [0.25, 0.3) is 0 Å². The third kappa shape index (κ3) is 1.44. The average molecular weight is 231 g/mol. The molecule has 0 saturated carbocycles. The van der Waals surface area contributed by atoms with Gasteiger partial charge in [-0.2, -0.15) is 0 Å². The summed E-state index contributed by atoms with van der Waals surface area (Å²) in [5.74, 6) is 0. The Morgan fingerprint density at radius 3 is 2.64 bits per heavy atom. The molecule has 0 aliphatic heterocycles. The van der Waals surface area contributed by atoms with Crippen LogP contribution in [0.4, 0.5) is 0 Å². The lowest BCUT2D eigenvalue weighted by molar-refractivity contribution is 0.161. The Balaban J connectivity index is 2.69. The zero-order valence-electron chi connectivity index (χ0n) is 8.14. The average Bonchev–Trinajstić information content (AvgIpc) is 2.21. The van der Waals surface area contributed by atoms with Gasteiger partial charge < -0.3 is 5.11 Å². The van der Waals surface area contributed by atoms with E-state index in [1.165, 1.54) is 0 Å². The molecule has 1 aliphatic rings. The highest BCUT2D eigenvalue weighted by molar-refractivity contribution is 6.35. The van der Waals surface area contributed by atoms with E-state index in [9.17, 15) is 5.11 Å². The molecule has 0 unspecified atom stereocenters. The molecule has 14 heavy (non-hydrogen) atoms. The van der Waals surface area contributed by atoms with E-state index in [0.717, 1.165) is 11.1 Å². The molecule has 1 aliphatic carbocycles. The molecular formula is C11H12Cl2O. The van der Waals surface area contributed by atoms with E-state index >= 15 is 0 Å². The molecule has 0 radical (unpaired) electrons. The third-order valence-corrected chi connectivity index (χ3v) is 3.34. The van der Waals surface area contributed by atoms with Gasteiger partial charge in [0.15, 0.2) is 0 Å². The van der Waals surface area contributed by atoms with Crippen LogP contribution in [0, 0.1) is 0 Å². The van der Waals surface area contributed by atoms with E-state index in [-0.39, 0.29) is 5.41 Å². The Bertz CT molecular complexity index is 385. The predicted molar refractivity (Wildman–Crippen MR) is 59.1 cm³/mol. The summed E-state index contributed by atoms with van der Waals surface area (Å²) < 4.78 is 0. The van der Waals surface area contributed by atoms with Gasteiger partial charge in [-0.25, -0.2) is 0 Å². The summed E-state index contributed by atoms with van der Waals surface area (Å²) in [5, 5.41) is 11.1. The minimum atomic E-state index is -0.434. The molecule has 1 atom stereocenters. The van der Waals surface area contributed by atoms with Gasteiger partial charge in [0.25, 0.3) is 0 Å². The molecule has 1 aromatic carbocycles. The topological polar surface area (TPSA) is 20.2 Å². The van der Waals surface area contributed by atoms with E-state index in [2.05, 4.69) is 13.8 Å². The van der Waals surface area contributed by atoms with Crippen LogP contribution < -0.4 is 0 Å². The van der Waals surface area contributed by atoms with Crippen LogP contribution in [0.15, 0.2) is 12.1 Å². The number of rotatable bonds is 0. The van der Waals surface area contributed by atoms with Crippen LogP contribution in [0.5, 0.6) is 0 Å². The van der Waals surface area contributed by atoms with Crippen molar-refractivity contribution in [2.75, 3.05) is 0 Å². The first-order valence-corrected chi connectivity index (χ1v) is 5.35. The van der Waals surface area contributed by atoms with Gasteiger partial charge in [-0.1, -0.05) is 37.0 Å². The SMILES string of the molecule is CC1(C)C[C@@H](O)c2cc(Cl)cc(Cl)c21. The van der Waals surface area contributed by atoms with Crippen molar-refractivity contribution in [2.45, 2.75) is 31.8 Å². The number of benzene rings is 1. The standard InChI is InChI=1S/C11H12Cl2O/c1-11(2)5-9(14)7-3-6(12)4-8(13)10(7)11/h3-4,9,14H,5H2,1-2H3/t9-/m1/s1. The van der Waals surface area contributed by atoms with Gasteiger partial charge in [0.05, 0.1) is 6.10 Å². The maximum Gasteiger partial charge on any atom is 0.0802 e. The predicted octanol–water partition coefficient (Wildman–Crippen LogP) is 3.71. The minimum Gasteiger partial charge on any atom is -0.388 e. The molecule has 0 bridgehead atoms. The third-order valence-electron chi connectivity index (χ3n) is 2.82. The molecule has 1 aromatic rings. The largest absolute Gasteiger partial charge is 0.388 e. The van der Waals surface area contributed by atoms with Crippen LogP contribution in [0.2, 0.25) is 10.0 Å². The fourth-order valence-electron chi connectivity index (χ4n) is 2.27. The van der Waals surface area contributed by atoms with Crippen molar-refractivity contribution in [1.29, 1.82) is 0 Å². The highest BCUT2D eigenvalue weighted by Crippen LogP contribution is 2.48. The van der Waals surface area contributed by atoms with E-state index < -0.39 is 6.10 Å². The number of halogens is 2. The summed E-state index contributed by atoms with van der Waals surface area (Å²) in [6.07, 6.45) is 0.277. The lowest BCUT2D eigenvalue weighted by atomic mass is 9.86. The normalized spacial score (nSPS) is 23.6. The number of aliphatic hydroxyl groups is 1. The molecule has 0 amide bonds. The van der Waals surface area contributed by atoms with Gasteiger partial charge >= 0.3 is 0 Å². The van der Waals surface area contributed by atoms with E-state index in [1.54, 1.807) is 6.07 Å². The van der Waals surface area contributed by atoms with Crippen molar-refractivity contribution in [3.63, 3.8) is 0 Å². The molecule has 2 rings (SSSR count). The molecule has 76 valence electrons. The Morgan fingerprint density at radius 2 is 2.00 bits per heavy atom. The molecule has 0 aromatic heterocycles. The number of hydrogen-bond acceptors (Lipinski definition) is 1. The molecule has 1 N–H and O–H groups in total. The first-order chi connectivity index (χ1) is 6.42. The van der Waals surface area contributed by atoms with Gasteiger partial charge in [-0.3, -0.25) is 0 Å². The van der Waals surface area contributed by atoms with Crippen molar-refractivity contribution >= 4 is 23.2 Å². The molecule has 0 saturated heterocycles. The van der Waals surface area contributed by atoms with E-state index in [0.29, 0.717) is 16.5 Å². The van der Waals surface area contributed by atoms with E-state index in [4.69, 9.17) is 23.2 Å². The maximum atomic E-state index is 9.85. The Labute approximate surface area is 93.7 Å². The summed E-state index contributed by atoms with van der Waals surface area (Å²) >= 11 is 12.0. The Kier molecular flexibility index (Phi) is 2.30. The van der Waals surface area contributed by atoms with Crippen molar-refractivity contribution in [3.8, 4) is 0 Å². The van der Waals surface area contributed by atoms with E-state index in [1.807, 2.05) is 6.07 Å². The van der Waals surface area contributed by atoms with Gasteiger partial charge in [0, 0.05) is 10.0 Å². The van der Waals surface area contributed by atoms with Gasteiger partial charge in [-0.15, -0.1) is 0 Å². The minimum absolute atomic E-state index is 0.0591. The maximum absolute atomic E-state index is 9.85. The van der Waals surface area contributed by atoms with Gasteiger partial charge in [0.1, 0.15) is 0 Å². The number of hydrogen-bond donors (Lipinski definition) is 1. The summed E-state index contributed by atoms with van der Waals surface area (Å²) in [7, 11) is 0. The van der Waals surface area contributed by atoms with Crippen molar-refractivity contribution in [1.82, 2.24) is 0 Å². The second kappa shape index (κ2) is 3.13. The van der Waals surface area contributed by atoms with Gasteiger partial charge in [-0.05, 0) is 35.1 Å². The Hall–Kier alpha value is -0.240. The quantitative estimate of drug-likeness (QED) is 0.721. The van der Waals surface area contributed by atoms with Gasteiger partial charge in [0.2, 0.25) is 0 Å². The fraction of sp³-hybridized carbons (Fsp3) is 0.455. The summed E-state index contributed by atoms with van der Waals surface area (Å²) in [4.78, 5) is 0. The van der Waals surface area contributed by atoms with Crippen LogP contribution in [0.1, 0.15) is 37.5 Å². The molecule has 1 nitrogen and oxygen atoms in total. The first-order valence-electron chi connectivity index (χ1n) is 4.59. The summed E-state index contributed by atoms with van der Waals surface area (Å²) in [6.45, 7) is 4.17. The fourth-order valence-corrected chi connectivity index (χ4v) is 3.03. The van der Waals surface area contributed by atoms with Crippen LogP contribution in [0.3, 0.4) is 0 Å². The lowest BCUT2D eigenvalue weighted by Crippen LogP contribution is -2.12.